The van der Waals surface area contributed by atoms with E-state index in [0.29, 0.717) is 5.89 Å². The van der Waals surface area contributed by atoms with Crippen molar-refractivity contribution in [2.45, 2.75) is 25.8 Å². The third-order valence-corrected chi connectivity index (χ3v) is 3.69. The molecule has 1 unspecified atom stereocenters. The molecule has 0 saturated heterocycles. The molecule has 1 aliphatic rings. The van der Waals surface area contributed by atoms with E-state index in [1.165, 1.54) is 19.3 Å². The summed E-state index contributed by atoms with van der Waals surface area (Å²) in [6.45, 7) is 1.83. The maximum atomic E-state index is 5.53. The smallest absolute Gasteiger partial charge is 0.226 e. The minimum atomic E-state index is 0.697. The molecule has 0 radical (unpaired) electrons. The number of nitrogens with one attached hydrogen (secondary N) is 1. The van der Waals surface area contributed by atoms with E-state index in [9.17, 15) is 0 Å². The largest absolute Gasteiger partial charge is 0.444 e. The molecule has 3 rings (SSSR count). The number of allylic oxidation sites excluding steroid dienone is 2. The SMILES string of the molecule is C1=CCC(CNCc2coc(-c3ccccc3)n2)CC1. The molecule has 0 bridgehead atoms. The van der Waals surface area contributed by atoms with Crippen molar-refractivity contribution in [3.63, 3.8) is 0 Å². The number of rotatable bonds is 5. The first kappa shape index (κ1) is 13.1. The average molecular weight is 268 g/mol. The first-order valence-corrected chi connectivity index (χ1v) is 7.27. The minimum Gasteiger partial charge on any atom is -0.444 e. The lowest BCUT2D eigenvalue weighted by Gasteiger charge is -2.17. The summed E-state index contributed by atoms with van der Waals surface area (Å²) in [4.78, 5) is 4.52. The minimum absolute atomic E-state index is 0.697. The molecule has 1 aromatic heterocycles. The van der Waals surface area contributed by atoms with Gasteiger partial charge in [-0.2, -0.15) is 0 Å². The summed E-state index contributed by atoms with van der Waals surface area (Å²) in [6.07, 6.45) is 10.0. The maximum absolute atomic E-state index is 5.53. The lowest BCUT2D eigenvalue weighted by molar-refractivity contribution is 0.439. The molecule has 20 heavy (non-hydrogen) atoms. The number of nitrogens with zero attached hydrogens (tertiary/aromatic N) is 1. The van der Waals surface area contributed by atoms with E-state index in [-0.39, 0.29) is 0 Å². The molecule has 1 aliphatic carbocycles. The number of aromatic nitrogens is 1. The van der Waals surface area contributed by atoms with Crippen LogP contribution in [0.5, 0.6) is 0 Å². The van der Waals surface area contributed by atoms with Crippen molar-refractivity contribution in [3.8, 4) is 11.5 Å². The highest BCUT2D eigenvalue weighted by Gasteiger charge is 2.10. The standard InChI is InChI=1S/C17H20N2O/c1-3-7-14(8-4-1)11-18-12-16-13-20-17(19-16)15-9-5-2-6-10-15/h1-3,5-6,9-10,13-14,18H,4,7-8,11-12H2. The third-order valence-electron chi connectivity index (χ3n) is 3.69. The predicted molar refractivity (Wildman–Crippen MR) is 80.1 cm³/mol. The first-order valence-electron chi connectivity index (χ1n) is 7.27. The van der Waals surface area contributed by atoms with Gasteiger partial charge in [-0.25, -0.2) is 4.98 Å². The molecule has 0 amide bonds. The second kappa shape index (κ2) is 6.53. The summed E-state index contributed by atoms with van der Waals surface area (Å²) in [7, 11) is 0. The number of hydrogen-bond donors (Lipinski definition) is 1. The Kier molecular flexibility index (Phi) is 4.28. The van der Waals surface area contributed by atoms with Gasteiger partial charge in [0.25, 0.3) is 0 Å². The van der Waals surface area contributed by atoms with E-state index in [2.05, 4.69) is 22.5 Å². The summed E-state index contributed by atoms with van der Waals surface area (Å²) >= 11 is 0. The highest BCUT2D eigenvalue weighted by molar-refractivity contribution is 5.52. The van der Waals surface area contributed by atoms with Gasteiger partial charge >= 0.3 is 0 Å². The quantitative estimate of drug-likeness (QED) is 0.838. The molecular formula is C17H20N2O. The van der Waals surface area contributed by atoms with E-state index in [1.54, 1.807) is 6.26 Å². The number of oxazole rings is 1. The Balaban J connectivity index is 1.51. The van der Waals surface area contributed by atoms with E-state index in [1.807, 2.05) is 30.3 Å². The van der Waals surface area contributed by atoms with Gasteiger partial charge in [-0.1, -0.05) is 30.4 Å². The first-order chi connectivity index (χ1) is 9.92. The van der Waals surface area contributed by atoms with Crippen molar-refractivity contribution < 1.29 is 4.42 Å². The fourth-order valence-corrected chi connectivity index (χ4v) is 2.55. The van der Waals surface area contributed by atoms with Crippen LogP contribution in [0.15, 0.2) is 53.2 Å². The van der Waals surface area contributed by atoms with Crippen LogP contribution >= 0.6 is 0 Å². The zero-order valence-corrected chi connectivity index (χ0v) is 11.6. The maximum Gasteiger partial charge on any atom is 0.226 e. The summed E-state index contributed by atoms with van der Waals surface area (Å²) < 4.78 is 5.53. The summed E-state index contributed by atoms with van der Waals surface area (Å²) in [5, 5.41) is 3.48. The van der Waals surface area contributed by atoms with Crippen LogP contribution in [-0.4, -0.2) is 11.5 Å². The molecule has 3 nitrogen and oxygen atoms in total. The molecule has 1 aromatic carbocycles. The monoisotopic (exact) mass is 268 g/mol. The van der Waals surface area contributed by atoms with Gasteiger partial charge in [-0.3, -0.25) is 0 Å². The molecule has 0 aliphatic heterocycles. The van der Waals surface area contributed by atoms with Crippen molar-refractivity contribution in [3.05, 3.63) is 54.4 Å². The van der Waals surface area contributed by atoms with Crippen LogP contribution < -0.4 is 5.32 Å². The fourth-order valence-electron chi connectivity index (χ4n) is 2.55. The van der Waals surface area contributed by atoms with E-state index in [0.717, 1.165) is 30.3 Å². The van der Waals surface area contributed by atoms with E-state index < -0.39 is 0 Å². The average Bonchev–Trinajstić information content (AvgIpc) is 2.98. The molecule has 2 aromatic rings. The Bertz CT molecular complexity index is 559. The van der Waals surface area contributed by atoms with Gasteiger partial charge in [0.05, 0.1) is 5.69 Å². The van der Waals surface area contributed by atoms with Crippen molar-refractivity contribution in [2.75, 3.05) is 6.54 Å². The van der Waals surface area contributed by atoms with Gasteiger partial charge in [0.2, 0.25) is 5.89 Å². The Morgan fingerprint density at radius 2 is 2.10 bits per heavy atom. The van der Waals surface area contributed by atoms with Crippen LogP contribution in [-0.2, 0) is 6.54 Å². The molecule has 0 spiro atoms. The molecule has 1 atom stereocenters. The lowest BCUT2D eigenvalue weighted by Crippen LogP contribution is -2.23. The molecule has 0 saturated carbocycles. The second-order valence-electron chi connectivity index (χ2n) is 5.29. The van der Waals surface area contributed by atoms with Gasteiger partial charge in [0.15, 0.2) is 0 Å². The Labute approximate surface area is 119 Å². The molecule has 1 heterocycles. The second-order valence-corrected chi connectivity index (χ2v) is 5.29. The van der Waals surface area contributed by atoms with Crippen LogP contribution in [0.2, 0.25) is 0 Å². The van der Waals surface area contributed by atoms with Crippen LogP contribution in [0.25, 0.3) is 11.5 Å². The Morgan fingerprint density at radius 3 is 2.90 bits per heavy atom. The van der Waals surface area contributed by atoms with E-state index >= 15 is 0 Å². The van der Waals surface area contributed by atoms with Crippen molar-refractivity contribution >= 4 is 0 Å². The topological polar surface area (TPSA) is 38.1 Å². The third kappa shape index (κ3) is 3.36. The predicted octanol–water partition coefficient (Wildman–Crippen LogP) is 3.79. The number of benzene rings is 1. The lowest BCUT2D eigenvalue weighted by atomic mass is 9.94. The normalized spacial score (nSPS) is 18.3. The van der Waals surface area contributed by atoms with Crippen molar-refractivity contribution in [1.29, 1.82) is 0 Å². The summed E-state index contributed by atoms with van der Waals surface area (Å²) in [5.74, 6) is 1.46. The van der Waals surface area contributed by atoms with Gasteiger partial charge in [0, 0.05) is 12.1 Å². The van der Waals surface area contributed by atoms with Crippen LogP contribution in [0.4, 0.5) is 0 Å². The van der Waals surface area contributed by atoms with Crippen LogP contribution in [0.3, 0.4) is 0 Å². The van der Waals surface area contributed by atoms with E-state index in [4.69, 9.17) is 4.42 Å². The number of hydrogen-bond acceptors (Lipinski definition) is 3. The fraction of sp³-hybridized carbons (Fsp3) is 0.353. The van der Waals surface area contributed by atoms with Crippen molar-refractivity contribution in [1.82, 2.24) is 10.3 Å². The molecule has 104 valence electrons. The zero-order valence-electron chi connectivity index (χ0n) is 11.6. The van der Waals surface area contributed by atoms with Gasteiger partial charge in [0.1, 0.15) is 6.26 Å². The van der Waals surface area contributed by atoms with Gasteiger partial charge in [-0.05, 0) is 43.9 Å². The summed E-state index contributed by atoms with van der Waals surface area (Å²) in [5.41, 5.74) is 1.99. The summed E-state index contributed by atoms with van der Waals surface area (Å²) in [6, 6.07) is 10.0. The van der Waals surface area contributed by atoms with Gasteiger partial charge in [-0.15, -0.1) is 0 Å². The molecule has 0 fully saturated rings. The highest BCUT2D eigenvalue weighted by atomic mass is 16.3. The molecular weight excluding hydrogens is 248 g/mol. The molecule has 1 N–H and O–H groups in total. The zero-order chi connectivity index (χ0) is 13.6. The Morgan fingerprint density at radius 1 is 1.20 bits per heavy atom. The van der Waals surface area contributed by atoms with Crippen LogP contribution in [0.1, 0.15) is 25.0 Å². The van der Waals surface area contributed by atoms with Crippen LogP contribution in [0, 0.1) is 5.92 Å². The highest BCUT2D eigenvalue weighted by Crippen LogP contribution is 2.19. The van der Waals surface area contributed by atoms with Crippen molar-refractivity contribution in [2.24, 2.45) is 5.92 Å². The van der Waals surface area contributed by atoms with Gasteiger partial charge < -0.3 is 9.73 Å². The Hall–Kier alpha value is -1.87. The molecule has 3 heteroatoms.